The number of amides is 1. The number of esters is 1. The van der Waals surface area contributed by atoms with Crippen molar-refractivity contribution in [3.63, 3.8) is 0 Å². The molecule has 3 aromatic rings. The Labute approximate surface area is 166 Å². The molecule has 0 fully saturated rings. The molecule has 2 aromatic heterocycles. The average molecular weight is 400 g/mol. The van der Waals surface area contributed by atoms with Crippen molar-refractivity contribution in [2.24, 2.45) is 0 Å². The average Bonchev–Trinajstić information content (AvgIpc) is 3.35. The Morgan fingerprint density at radius 1 is 1.21 bits per heavy atom. The van der Waals surface area contributed by atoms with Gasteiger partial charge in [0.25, 0.3) is 0 Å². The van der Waals surface area contributed by atoms with Gasteiger partial charge < -0.3 is 14.5 Å². The molecule has 1 aromatic carbocycles. The highest BCUT2D eigenvalue weighted by Gasteiger charge is 2.19. The lowest BCUT2D eigenvalue weighted by atomic mass is 10.2. The summed E-state index contributed by atoms with van der Waals surface area (Å²) >= 11 is 1.29. The molecule has 0 aliphatic heterocycles. The summed E-state index contributed by atoms with van der Waals surface area (Å²) in [5, 5.41) is 11.8. The molecule has 0 radical (unpaired) electrons. The van der Waals surface area contributed by atoms with Gasteiger partial charge in [0, 0.05) is 11.7 Å². The van der Waals surface area contributed by atoms with Gasteiger partial charge in [-0.25, -0.2) is 4.79 Å². The minimum Gasteiger partial charge on any atom is -0.465 e. The van der Waals surface area contributed by atoms with Crippen LogP contribution in [0.15, 0.2) is 52.2 Å². The summed E-state index contributed by atoms with van der Waals surface area (Å²) in [5.74, 6) is 0.814. The van der Waals surface area contributed by atoms with E-state index in [4.69, 9.17) is 4.42 Å². The topological polar surface area (TPSA) is 99.2 Å². The number of carbonyl (C=O) groups excluding carboxylic acids is 2. The summed E-state index contributed by atoms with van der Waals surface area (Å²) in [7, 11) is 1.32. The standard InChI is InChI=1S/C19H20N4O4S/c1-12(2)23-17(15-5-4-10-27-15)21-22-19(23)28-11-16(24)20-14-8-6-13(7-9-14)18(25)26-3/h4-10,12H,11H2,1-3H3,(H,20,24). The van der Waals surface area contributed by atoms with Crippen molar-refractivity contribution in [3.8, 4) is 11.6 Å². The van der Waals surface area contributed by atoms with Crippen molar-refractivity contribution in [2.75, 3.05) is 18.2 Å². The Balaban J connectivity index is 1.64. The van der Waals surface area contributed by atoms with Crippen LogP contribution < -0.4 is 5.32 Å². The van der Waals surface area contributed by atoms with Crippen LogP contribution in [0.1, 0.15) is 30.2 Å². The fourth-order valence-electron chi connectivity index (χ4n) is 2.55. The van der Waals surface area contributed by atoms with Crippen molar-refractivity contribution >= 4 is 29.3 Å². The van der Waals surface area contributed by atoms with E-state index in [1.807, 2.05) is 24.5 Å². The predicted octanol–water partition coefficient (Wildman–Crippen LogP) is 3.64. The first kappa shape index (κ1) is 19.7. The normalized spacial score (nSPS) is 10.9. The summed E-state index contributed by atoms with van der Waals surface area (Å²) in [6.07, 6.45) is 1.58. The number of ether oxygens (including phenoxy) is 1. The molecule has 1 amide bonds. The van der Waals surface area contributed by atoms with Crippen LogP contribution in [0.5, 0.6) is 0 Å². The number of hydrogen-bond donors (Lipinski definition) is 1. The van der Waals surface area contributed by atoms with Crippen LogP contribution in [0.25, 0.3) is 11.6 Å². The van der Waals surface area contributed by atoms with Gasteiger partial charge in [-0.1, -0.05) is 11.8 Å². The van der Waals surface area contributed by atoms with E-state index < -0.39 is 5.97 Å². The minimum atomic E-state index is -0.422. The second kappa shape index (κ2) is 8.75. The number of thioether (sulfide) groups is 1. The number of nitrogens with zero attached hydrogens (tertiary/aromatic N) is 3. The molecule has 0 saturated heterocycles. The molecule has 3 rings (SSSR count). The Morgan fingerprint density at radius 2 is 1.96 bits per heavy atom. The van der Waals surface area contributed by atoms with Gasteiger partial charge in [0.2, 0.25) is 11.7 Å². The Bertz CT molecular complexity index is 949. The number of benzene rings is 1. The van der Waals surface area contributed by atoms with E-state index in [9.17, 15) is 9.59 Å². The maximum atomic E-state index is 12.3. The third kappa shape index (κ3) is 4.42. The predicted molar refractivity (Wildman–Crippen MR) is 105 cm³/mol. The monoisotopic (exact) mass is 400 g/mol. The molecule has 28 heavy (non-hydrogen) atoms. The highest BCUT2D eigenvalue weighted by molar-refractivity contribution is 7.99. The first-order valence-electron chi connectivity index (χ1n) is 8.59. The van der Waals surface area contributed by atoms with E-state index in [0.717, 1.165) is 0 Å². The van der Waals surface area contributed by atoms with Gasteiger partial charge in [0.1, 0.15) is 0 Å². The van der Waals surface area contributed by atoms with Gasteiger partial charge in [0.15, 0.2) is 10.9 Å². The fourth-order valence-corrected chi connectivity index (χ4v) is 3.42. The lowest BCUT2D eigenvalue weighted by Gasteiger charge is -2.12. The molecule has 0 aliphatic rings. The maximum absolute atomic E-state index is 12.3. The Morgan fingerprint density at radius 3 is 2.57 bits per heavy atom. The van der Waals surface area contributed by atoms with Crippen LogP contribution in [0.3, 0.4) is 0 Å². The van der Waals surface area contributed by atoms with Crippen molar-refractivity contribution < 1.29 is 18.7 Å². The summed E-state index contributed by atoms with van der Waals surface area (Å²) < 4.78 is 12.0. The number of nitrogens with one attached hydrogen (secondary N) is 1. The number of carbonyl (C=O) groups is 2. The molecule has 1 N–H and O–H groups in total. The largest absolute Gasteiger partial charge is 0.465 e. The second-order valence-corrected chi connectivity index (χ2v) is 7.10. The zero-order valence-electron chi connectivity index (χ0n) is 15.7. The van der Waals surface area contributed by atoms with Gasteiger partial charge in [0.05, 0.1) is 24.7 Å². The summed E-state index contributed by atoms with van der Waals surface area (Å²) in [6.45, 7) is 4.03. The van der Waals surface area contributed by atoms with E-state index in [1.165, 1.54) is 18.9 Å². The van der Waals surface area contributed by atoms with Crippen LogP contribution in [-0.2, 0) is 9.53 Å². The Hall–Kier alpha value is -3.07. The molecule has 0 unspecified atom stereocenters. The number of methoxy groups -OCH3 is 1. The van der Waals surface area contributed by atoms with Crippen LogP contribution in [0, 0.1) is 0 Å². The summed E-state index contributed by atoms with van der Waals surface area (Å²) in [4.78, 5) is 23.7. The van der Waals surface area contributed by atoms with Crippen molar-refractivity contribution in [1.29, 1.82) is 0 Å². The number of rotatable bonds is 7. The minimum absolute atomic E-state index is 0.103. The van der Waals surface area contributed by atoms with Crippen LogP contribution >= 0.6 is 11.8 Å². The first-order chi connectivity index (χ1) is 13.5. The third-order valence-corrected chi connectivity index (χ3v) is 4.79. The van der Waals surface area contributed by atoms with E-state index in [-0.39, 0.29) is 17.7 Å². The smallest absolute Gasteiger partial charge is 0.337 e. The van der Waals surface area contributed by atoms with Gasteiger partial charge in [-0.3, -0.25) is 9.36 Å². The summed E-state index contributed by atoms with van der Waals surface area (Å²) in [5.41, 5.74) is 1.02. The van der Waals surface area contributed by atoms with Crippen molar-refractivity contribution in [1.82, 2.24) is 14.8 Å². The molecule has 2 heterocycles. The molecular formula is C19H20N4O4S. The van der Waals surface area contributed by atoms with E-state index in [1.54, 1.807) is 36.6 Å². The van der Waals surface area contributed by atoms with Gasteiger partial charge >= 0.3 is 5.97 Å². The molecule has 0 saturated carbocycles. The lowest BCUT2D eigenvalue weighted by Crippen LogP contribution is -2.15. The first-order valence-corrected chi connectivity index (χ1v) is 9.58. The SMILES string of the molecule is COC(=O)c1ccc(NC(=O)CSc2nnc(-c3ccco3)n2C(C)C)cc1. The highest BCUT2D eigenvalue weighted by Crippen LogP contribution is 2.28. The van der Waals surface area contributed by atoms with E-state index in [0.29, 0.717) is 28.0 Å². The van der Waals surface area contributed by atoms with Crippen molar-refractivity contribution in [2.45, 2.75) is 25.0 Å². The molecule has 146 valence electrons. The van der Waals surface area contributed by atoms with Gasteiger partial charge in [-0.15, -0.1) is 10.2 Å². The van der Waals surface area contributed by atoms with Gasteiger partial charge in [-0.05, 0) is 50.2 Å². The number of aromatic nitrogens is 3. The zero-order chi connectivity index (χ0) is 20.1. The molecular weight excluding hydrogens is 380 g/mol. The highest BCUT2D eigenvalue weighted by atomic mass is 32.2. The number of furan rings is 1. The number of anilines is 1. The molecule has 9 heteroatoms. The second-order valence-electron chi connectivity index (χ2n) is 6.15. The molecule has 8 nitrogen and oxygen atoms in total. The van der Waals surface area contributed by atoms with Crippen LogP contribution in [0.4, 0.5) is 5.69 Å². The lowest BCUT2D eigenvalue weighted by molar-refractivity contribution is -0.113. The quantitative estimate of drug-likeness (QED) is 0.477. The number of hydrogen-bond acceptors (Lipinski definition) is 7. The maximum Gasteiger partial charge on any atom is 0.337 e. The van der Waals surface area contributed by atoms with Crippen molar-refractivity contribution in [3.05, 3.63) is 48.2 Å². The molecule has 0 spiro atoms. The molecule has 0 aliphatic carbocycles. The van der Waals surface area contributed by atoms with Gasteiger partial charge in [-0.2, -0.15) is 0 Å². The third-order valence-electron chi connectivity index (χ3n) is 3.84. The van der Waals surface area contributed by atoms with Crippen LogP contribution in [0.2, 0.25) is 0 Å². The van der Waals surface area contributed by atoms with E-state index in [2.05, 4.69) is 20.3 Å². The molecule has 0 atom stereocenters. The fraction of sp³-hybridized carbons (Fsp3) is 0.263. The van der Waals surface area contributed by atoms with E-state index >= 15 is 0 Å². The summed E-state index contributed by atoms with van der Waals surface area (Å²) in [6, 6.07) is 10.2. The van der Waals surface area contributed by atoms with Crippen LogP contribution in [-0.4, -0.2) is 39.5 Å². The Kier molecular flexibility index (Phi) is 6.15. The molecule has 0 bridgehead atoms. The zero-order valence-corrected chi connectivity index (χ0v) is 16.5.